The Balaban J connectivity index is 0. The SMILES string of the molecule is CCO[Si](C)(C)O[Si](C)(C)OCC.CCO[Si](C)(C)O[Si](C)(C)OCC. The van der Waals surface area contributed by atoms with E-state index in [0.717, 1.165) is 26.4 Å². The Kier molecular flexibility index (Phi) is 14.4. The van der Waals surface area contributed by atoms with Gasteiger partial charge in [0, 0.05) is 26.4 Å². The van der Waals surface area contributed by atoms with Crippen LogP contribution in [0.5, 0.6) is 0 Å². The Morgan fingerprint density at radius 1 is 0.385 bits per heavy atom. The van der Waals surface area contributed by atoms with Gasteiger partial charge in [-0.05, 0) is 80.1 Å². The lowest BCUT2D eigenvalue weighted by Crippen LogP contribution is -2.48. The van der Waals surface area contributed by atoms with Gasteiger partial charge in [0.05, 0.1) is 0 Å². The van der Waals surface area contributed by atoms with Crippen molar-refractivity contribution < 1.29 is 25.9 Å². The molecule has 160 valence electrons. The lowest BCUT2D eigenvalue weighted by Gasteiger charge is -2.32. The normalized spacial score (nSPS) is 13.4. The molecule has 0 rings (SSSR count). The molecule has 0 heterocycles. The lowest BCUT2D eigenvalue weighted by molar-refractivity contribution is 0.207. The summed E-state index contributed by atoms with van der Waals surface area (Å²) in [5.74, 6) is 0. The van der Waals surface area contributed by atoms with Crippen LogP contribution >= 0.6 is 0 Å². The lowest BCUT2D eigenvalue weighted by atomic mass is 10.9. The standard InChI is InChI=1S/2C8H22O3Si2/c2*1-7-9-12(3,4)11-13(5,6)10-8-2/h2*7-8H2,1-6H3. The van der Waals surface area contributed by atoms with Crippen molar-refractivity contribution in [3.8, 4) is 0 Å². The molecule has 0 N–H and O–H groups in total. The topological polar surface area (TPSA) is 55.4 Å². The minimum atomic E-state index is -1.94. The summed E-state index contributed by atoms with van der Waals surface area (Å²) in [7, 11) is -7.76. The molecular formula is C16H44O6Si4. The van der Waals surface area contributed by atoms with Crippen LogP contribution in [0, 0.1) is 0 Å². The van der Waals surface area contributed by atoms with Crippen LogP contribution in [0.4, 0.5) is 0 Å². The van der Waals surface area contributed by atoms with Crippen molar-refractivity contribution in [3.05, 3.63) is 0 Å². The van der Waals surface area contributed by atoms with E-state index in [9.17, 15) is 0 Å². The van der Waals surface area contributed by atoms with E-state index in [1.54, 1.807) is 0 Å². The molecule has 0 aliphatic rings. The van der Waals surface area contributed by atoms with E-state index in [0.29, 0.717) is 0 Å². The molecule has 0 aromatic heterocycles. The van der Waals surface area contributed by atoms with Crippen molar-refractivity contribution in [3.63, 3.8) is 0 Å². The molecule has 0 unspecified atom stereocenters. The van der Waals surface area contributed by atoms with Crippen LogP contribution in [-0.4, -0.2) is 60.7 Å². The second-order valence-electron chi connectivity index (χ2n) is 7.54. The third-order valence-electron chi connectivity index (χ3n) is 2.95. The van der Waals surface area contributed by atoms with Gasteiger partial charge in [-0.3, -0.25) is 0 Å². The average molecular weight is 445 g/mol. The van der Waals surface area contributed by atoms with E-state index >= 15 is 0 Å². The molecule has 0 bridgehead atoms. The molecule has 26 heavy (non-hydrogen) atoms. The highest BCUT2D eigenvalue weighted by Gasteiger charge is 2.36. The molecule has 0 aliphatic heterocycles. The van der Waals surface area contributed by atoms with Crippen molar-refractivity contribution in [2.24, 2.45) is 0 Å². The number of hydrogen-bond acceptors (Lipinski definition) is 6. The summed E-state index contributed by atoms with van der Waals surface area (Å²) in [6.45, 7) is 27.3. The van der Waals surface area contributed by atoms with Crippen LogP contribution in [-0.2, 0) is 25.9 Å². The highest BCUT2D eigenvalue weighted by atomic mass is 28.5. The predicted octanol–water partition coefficient (Wildman–Crippen LogP) is 4.96. The van der Waals surface area contributed by atoms with Crippen molar-refractivity contribution in [2.45, 2.75) is 80.1 Å². The summed E-state index contributed by atoms with van der Waals surface area (Å²) in [4.78, 5) is 0. The van der Waals surface area contributed by atoms with Crippen LogP contribution < -0.4 is 0 Å². The largest absolute Gasteiger partial charge is 0.415 e. The highest BCUT2D eigenvalue weighted by Crippen LogP contribution is 2.17. The van der Waals surface area contributed by atoms with Crippen LogP contribution in [0.25, 0.3) is 0 Å². The molecule has 10 heteroatoms. The maximum Gasteiger partial charge on any atom is 0.322 e. The van der Waals surface area contributed by atoms with E-state index < -0.39 is 34.2 Å². The van der Waals surface area contributed by atoms with Crippen LogP contribution in [0.3, 0.4) is 0 Å². The van der Waals surface area contributed by atoms with Gasteiger partial charge in [0.15, 0.2) is 0 Å². The first-order chi connectivity index (χ1) is 11.7. The first-order valence-corrected chi connectivity index (χ1v) is 20.9. The van der Waals surface area contributed by atoms with Crippen molar-refractivity contribution in [1.82, 2.24) is 0 Å². The van der Waals surface area contributed by atoms with Gasteiger partial charge in [0.2, 0.25) is 0 Å². The highest BCUT2D eigenvalue weighted by molar-refractivity contribution is 6.79. The van der Waals surface area contributed by atoms with Gasteiger partial charge in [-0.1, -0.05) is 0 Å². The zero-order valence-corrected chi connectivity index (χ0v) is 23.3. The zero-order valence-electron chi connectivity index (χ0n) is 19.3. The molecule has 0 aliphatic carbocycles. The average Bonchev–Trinajstić information content (AvgIpc) is 2.35. The van der Waals surface area contributed by atoms with Crippen LogP contribution in [0.2, 0.25) is 52.4 Å². The predicted molar refractivity (Wildman–Crippen MR) is 119 cm³/mol. The number of rotatable bonds is 12. The second kappa shape index (κ2) is 13.0. The monoisotopic (exact) mass is 444 g/mol. The van der Waals surface area contributed by atoms with E-state index in [2.05, 4.69) is 52.4 Å². The Morgan fingerprint density at radius 2 is 0.538 bits per heavy atom. The van der Waals surface area contributed by atoms with Gasteiger partial charge in [-0.15, -0.1) is 0 Å². The summed E-state index contributed by atoms with van der Waals surface area (Å²) in [5, 5.41) is 0. The molecule has 0 saturated carbocycles. The molecule has 0 spiro atoms. The molecule has 0 atom stereocenters. The third kappa shape index (κ3) is 16.8. The molecule has 0 amide bonds. The van der Waals surface area contributed by atoms with Crippen LogP contribution in [0.1, 0.15) is 27.7 Å². The maximum atomic E-state index is 5.94. The van der Waals surface area contributed by atoms with Crippen LogP contribution in [0.15, 0.2) is 0 Å². The molecule has 0 aromatic rings. The Bertz CT molecular complexity index is 299. The summed E-state index contributed by atoms with van der Waals surface area (Å²) >= 11 is 0. The fraction of sp³-hybridized carbons (Fsp3) is 1.00. The Hall–Kier alpha value is 0.628. The van der Waals surface area contributed by atoms with Crippen molar-refractivity contribution in [2.75, 3.05) is 26.4 Å². The Morgan fingerprint density at radius 3 is 0.654 bits per heavy atom. The van der Waals surface area contributed by atoms with E-state index in [1.807, 2.05) is 27.7 Å². The van der Waals surface area contributed by atoms with Gasteiger partial charge in [-0.25, -0.2) is 0 Å². The second-order valence-corrected chi connectivity index (χ2v) is 21.5. The first kappa shape index (κ1) is 28.8. The van der Waals surface area contributed by atoms with Gasteiger partial charge in [0.25, 0.3) is 0 Å². The zero-order chi connectivity index (χ0) is 21.1. The fourth-order valence-electron chi connectivity index (χ4n) is 2.69. The minimum absolute atomic E-state index is 0.718. The summed E-state index contributed by atoms with van der Waals surface area (Å²) in [6.07, 6.45) is 0. The van der Waals surface area contributed by atoms with Gasteiger partial charge >= 0.3 is 34.2 Å². The quantitative estimate of drug-likeness (QED) is 0.397. The molecule has 0 aromatic carbocycles. The number of hydrogen-bond donors (Lipinski definition) is 0. The van der Waals surface area contributed by atoms with E-state index in [4.69, 9.17) is 25.9 Å². The molecule has 0 radical (unpaired) electrons. The first-order valence-electron chi connectivity index (χ1n) is 9.62. The molecule has 6 nitrogen and oxygen atoms in total. The van der Waals surface area contributed by atoms with Gasteiger partial charge in [-0.2, -0.15) is 0 Å². The molecule has 0 saturated heterocycles. The maximum absolute atomic E-state index is 5.94. The van der Waals surface area contributed by atoms with Crippen molar-refractivity contribution in [1.29, 1.82) is 0 Å². The van der Waals surface area contributed by atoms with Gasteiger partial charge < -0.3 is 25.9 Å². The molecule has 0 fully saturated rings. The third-order valence-corrected chi connectivity index (χ3v) is 14.8. The minimum Gasteiger partial charge on any atom is -0.415 e. The smallest absolute Gasteiger partial charge is 0.322 e. The van der Waals surface area contributed by atoms with Gasteiger partial charge in [0.1, 0.15) is 0 Å². The summed E-state index contributed by atoms with van der Waals surface area (Å²) in [6, 6.07) is 0. The van der Waals surface area contributed by atoms with E-state index in [-0.39, 0.29) is 0 Å². The Labute approximate surface area is 166 Å². The molecular weight excluding hydrogens is 401 g/mol. The van der Waals surface area contributed by atoms with E-state index in [1.165, 1.54) is 0 Å². The fourth-order valence-corrected chi connectivity index (χ4v) is 15.9. The van der Waals surface area contributed by atoms with Crippen molar-refractivity contribution >= 4 is 34.2 Å². The summed E-state index contributed by atoms with van der Waals surface area (Å²) < 4.78 is 34.2. The summed E-state index contributed by atoms with van der Waals surface area (Å²) in [5.41, 5.74) is 0.